The Balaban J connectivity index is 4.67. The molecule has 0 aliphatic heterocycles. The molecule has 0 rings (SSSR count). The summed E-state index contributed by atoms with van der Waals surface area (Å²) in [5.74, 6) is -0.744. The number of allylic oxidation sites excluding steroid dienone is 1. The number of hydrogen-bond donors (Lipinski definition) is 2. The van der Waals surface area contributed by atoms with Gasteiger partial charge in [-0.3, -0.25) is 4.79 Å². The van der Waals surface area contributed by atoms with Crippen molar-refractivity contribution in [2.24, 2.45) is 11.8 Å². The molecule has 0 unspecified atom stereocenters. The first-order valence-electron chi connectivity index (χ1n) is 9.90. The van der Waals surface area contributed by atoms with Crippen LogP contribution in [-0.4, -0.2) is 22.2 Å². The molecule has 0 aliphatic carbocycles. The van der Waals surface area contributed by atoms with Crippen molar-refractivity contribution in [2.45, 2.75) is 98.3 Å². The molecular weight excluding hydrogens is 316 g/mol. The van der Waals surface area contributed by atoms with Crippen LogP contribution in [0.4, 0.5) is 0 Å². The Labute approximate surface area is 153 Å². The highest BCUT2D eigenvalue weighted by atomic mass is 16.4. The molecule has 0 amide bonds. The van der Waals surface area contributed by atoms with Crippen molar-refractivity contribution in [3.8, 4) is 0 Å². The lowest BCUT2D eigenvalue weighted by atomic mass is 9.93. The van der Waals surface area contributed by atoms with Gasteiger partial charge in [-0.25, -0.2) is 4.79 Å². The number of rotatable bonds is 15. The van der Waals surface area contributed by atoms with Crippen molar-refractivity contribution in [1.29, 1.82) is 0 Å². The highest BCUT2D eigenvalue weighted by Crippen LogP contribution is 2.24. The quantitative estimate of drug-likeness (QED) is 0.277. The van der Waals surface area contributed by atoms with Gasteiger partial charge in [0.2, 0.25) is 0 Å². The van der Waals surface area contributed by atoms with Crippen LogP contribution in [0, 0.1) is 11.8 Å². The summed E-state index contributed by atoms with van der Waals surface area (Å²) in [6.45, 7) is 8.82. The fraction of sp³-hybridized carbons (Fsp3) is 0.810. The predicted molar refractivity (Wildman–Crippen MR) is 103 cm³/mol. The maximum absolute atomic E-state index is 11.5. The zero-order valence-electron chi connectivity index (χ0n) is 16.6. The maximum atomic E-state index is 11.5. The largest absolute Gasteiger partial charge is 0.481 e. The van der Waals surface area contributed by atoms with E-state index < -0.39 is 11.9 Å². The molecule has 0 bridgehead atoms. The molecule has 0 radical (unpaired) electrons. The highest BCUT2D eigenvalue weighted by molar-refractivity contribution is 5.92. The van der Waals surface area contributed by atoms with Crippen molar-refractivity contribution in [3.05, 3.63) is 11.1 Å². The predicted octanol–water partition coefficient (Wildman–Crippen LogP) is 6.06. The average molecular weight is 355 g/mol. The maximum Gasteiger partial charge on any atom is 0.332 e. The third-order valence-electron chi connectivity index (χ3n) is 4.53. The SMILES string of the molecule is CC(C)CCCCCC(CCCCCC(C)C)=C(CC(=O)O)C(=O)O. The van der Waals surface area contributed by atoms with E-state index in [9.17, 15) is 14.7 Å². The lowest BCUT2D eigenvalue weighted by Gasteiger charge is -2.13. The molecule has 4 heteroatoms. The minimum absolute atomic E-state index is 0.111. The van der Waals surface area contributed by atoms with E-state index in [0.717, 1.165) is 56.9 Å². The molecule has 0 atom stereocenters. The fourth-order valence-corrected chi connectivity index (χ4v) is 3.07. The molecule has 0 fully saturated rings. The zero-order valence-corrected chi connectivity index (χ0v) is 16.6. The van der Waals surface area contributed by atoms with Gasteiger partial charge in [0.25, 0.3) is 0 Å². The Morgan fingerprint density at radius 3 is 1.48 bits per heavy atom. The molecule has 0 aromatic rings. The molecule has 2 N–H and O–H groups in total. The number of carboxylic acid groups (broad SMARTS) is 2. The van der Waals surface area contributed by atoms with Gasteiger partial charge in [-0.05, 0) is 37.5 Å². The summed E-state index contributed by atoms with van der Waals surface area (Å²) >= 11 is 0. The highest BCUT2D eigenvalue weighted by Gasteiger charge is 2.17. The van der Waals surface area contributed by atoms with Gasteiger partial charge in [-0.2, -0.15) is 0 Å². The Morgan fingerprint density at radius 1 is 0.720 bits per heavy atom. The van der Waals surface area contributed by atoms with Gasteiger partial charge >= 0.3 is 11.9 Å². The van der Waals surface area contributed by atoms with E-state index in [1.165, 1.54) is 12.8 Å². The fourth-order valence-electron chi connectivity index (χ4n) is 3.07. The van der Waals surface area contributed by atoms with Gasteiger partial charge in [0.1, 0.15) is 0 Å². The number of carbonyl (C=O) groups is 2. The van der Waals surface area contributed by atoms with Crippen LogP contribution in [0.25, 0.3) is 0 Å². The topological polar surface area (TPSA) is 74.6 Å². The molecule has 0 aliphatic rings. The lowest BCUT2D eigenvalue weighted by Crippen LogP contribution is -2.10. The Morgan fingerprint density at radius 2 is 1.16 bits per heavy atom. The summed E-state index contributed by atoms with van der Waals surface area (Å²) < 4.78 is 0. The van der Waals surface area contributed by atoms with Gasteiger partial charge in [0.15, 0.2) is 0 Å². The van der Waals surface area contributed by atoms with Crippen LogP contribution in [-0.2, 0) is 9.59 Å². The molecule has 4 nitrogen and oxygen atoms in total. The first-order valence-corrected chi connectivity index (χ1v) is 9.90. The van der Waals surface area contributed by atoms with Gasteiger partial charge in [0, 0.05) is 5.57 Å². The number of unbranched alkanes of at least 4 members (excludes halogenated alkanes) is 4. The molecule has 0 spiro atoms. The van der Waals surface area contributed by atoms with E-state index in [4.69, 9.17) is 5.11 Å². The van der Waals surface area contributed by atoms with Crippen LogP contribution in [0.2, 0.25) is 0 Å². The van der Waals surface area contributed by atoms with Crippen molar-refractivity contribution >= 4 is 11.9 Å². The van der Waals surface area contributed by atoms with E-state index in [2.05, 4.69) is 27.7 Å². The summed E-state index contributed by atoms with van der Waals surface area (Å²) in [7, 11) is 0. The molecule has 0 aromatic heterocycles. The van der Waals surface area contributed by atoms with E-state index in [1.54, 1.807) is 0 Å². The van der Waals surface area contributed by atoms with Crippen LogP contribution in [0.15, 0.2) is 11.1 Å². The van der Waals surface area contributed by atoms with Gasteiger partial charge in [-0.15, -0.1) is 0 Å². The van der Waals surface area contributed by atoms with Gasteiger partial charge < -0.3 is 10.2 Å². The van der Waals surface area contributed by atoms with E-state index in [0.29, 0.717) is 11.8 Å². The van der Waals surface area contributed by atoms with Crippen molar-refractivity contribution in [3.63, 3.8) is 0 Å². The monoisotopic (exact) mass is 354 g/mol. The number of aliphatic carboxylic acids is 2. The molecule has 0 saturated carbocycles. The third-order valence-corrected chi connectivity index (χ3v) is 4.53. The van der Waals surface area contributed by atoms with E-state index in [-0.39, 0.29) is 12.0 Å². The minimum atomic E-state index is -1.07. The number of hydrogen-bond acceptors (Lipinski definition) is 2. The van der Waals surface area contributed by atoms with Crippen molar-refractivity contribution in [2.75, 3.05) is 0 Å². The third kappa shape index (κ3) is 13.6. The van der Waals surface area contributed by atoms with Gasteiger partial charge in [-0.1, -0.05) is 71.8 Å². The van der Waals surface area contributed by atoms with Crippen molar-refractivity contribution < 1.29 is 19.8 Å². The number of carboxylic acids is 2. The van der Waals surface area contributed by atoms with Gasteiger partial charge in [0.05, 0.1) is 6.42 Å². The van der Waals surface area contributed by atoms with Crippen molar-refractivity contribution in [1.82, 2.24) is 0 Å². The summed E-state index contributed by atoms with van der Waals surface area (Å²) in [4.78, 5) is 22.5. The summed E-state index contributed by atoms with van der Waals surface area (Å²) in [6.07, 6.45) is 9.81. The molecular formula is C21H38O4. The summed E-state index contributed by atoms with van der Waals surface area (Å²) in [6, 6.07) is 0. The second kappa shape index (κ2) is 13.9. The van der Waals surface area contributed by atoms with E-state index >= 15 is 0 Å². The summed E-state index contributed by atoms with van der Waals surface area (Å²) in [5.41, 5.74) is 0.962. The minimum Gasteiger partial charge on any atom is -0.481 e. The van der Waals surface area contributed by atoms with E-state index in [1.807, 2.05) is 0 Å². The Hall–Kier alpha value is -1.32. The smallest absolute Gasteiger partial charge is 0.332 e. The Bertz CT molecular complexity index is 402. The average Bonchev–Trinajstić information content (AvgIpc) is 2.49. The Kier molecular flexibility index (Phi) is 13.2. The van der Waals surface area contributed by atoms with Crippen LogP contribution < -0.4 is 0 Å². The van der Waals surface area contributed by atoms with Crippen LogP contribution >= 0.6 is 0 Å². The van der Waals surface area contributed by atoms with Crippen LogP contribution in [0.3, 0.4) is 0 Å². The second-order valence-electron chi connectivity index (χ2n) is 7.94. The lowest BCUT2D eigenvalue weighted by molar-refractivity contribution is -0.139. The molecule has 25 heavy (non-hydrogen) atoms. The second-order valence-corrected chi connectivity index (χ2v) is 7.94. The summed E-state index contributed by atoms with van der Waals surface area (Å²) in [5, 5.41) is 18.4. The first kappa shape index (κ1) is 23.7. The van der Waals surface area contributed by atoms with Crippen LogP contribution in [0.1, 0.15) is 98.3 Å². The molecule has 146 valence electrons. The first-order chi connectivity index (χ1) is 11.7. The van der Waals surface area contributed by atoms with Crippen LogP contribution in [0.5, 0.6) is 0 Å². The molecule has 0 saturated heterocycles. The normalized spacial score (nSPS) is 11.1. The molecule has 0 aromatic carbocycles. The standard InChI is InChI=1S/C21H38O4/c1-16(2)11-7-5-9-13-18(14-10-6-8-12-17(3)4)19(21(24)25)15-20(22)23/h16-17H,5-15H2,1-4H3,(H,22,23)(H,24,25). The molecule has 0 heterocycles. The zero-order chi connectivity index (χ0) is 19.2.